The predicted octanol–water partition coefficient (Wildman–Crippen LogP) is 1.13. The van der Waals surface area contributed by atoms with E-state index in [4.69, 9.17) is 0 Å². The second kappa shape index (κ2) is 6.49. The van der Waals surface area contributed by atoms with E-state index in [1.165, 1.54) is 6.42 Å². The van der Waals surface area contributed by atoms with Crippen LogP contribution in [0.2, 0.25) is 0 Å². The summed E-state index contributed by atoms with van der Waals surface area (Å²) in [5.74, 6) is 0. The van der Waals surface area contributed by atoms with E-state index in [0.717, 1.165) is 32.2 Å². The van der Waals surface area contributed by atoms with Gasteiger partial charge in [-0.1, -0.05) is 26.2 Å². The Hall–Kier alpha value is -0.920. The molecule has 3 N–H and O–H groups in total. The highest BCUT2D eigenvalue weighted by Gasteiger charge is 2.25. The molecule has 0 saturated heterocycles. The van der Waals surface area contributed by atoms with Crippen LogP contribution in [0.4, 0.5) is 0 Å². The van der Waals surface area contributed by atoms with E-state index >= 15 is 0 Å². The number of nitrogens with zero attached hydrogens (tertiary/aromatic N) is 1. The number of hydrogen-bond acceptors (Lipinski definition) is 4. The molecular formula is C12H22N4O2S. The number of aromatic amines is 1. The van der Waals surface area contributed by atoms with E-state index in [2.05, 4.69) is 20.2 Å². The fourth-order valence-electron chi connectivity index (χ4n) is 2.42. The molecule has 1 heterocycles. The zero-order valence-electron chi connectivity index (χ0n) is 11.3. The first-order valence-corrected chi connectivity index (χ1v) is 8.37. The third kappa shape index (κ3) is 3.77. The minimum atomic E-state index is -3.49. The highest BCUT2D eigenvalue weighted by molar-refractivity contribution is 7.89. The van der Waals surface area contributed by atoms with Crippen LogP contribution >= 0.6 is 0 Å². The first-order valence-electron chi connectivity index (χ1n) is 6.89. The molecule has 1 aromatic rings. The van der Waals surface area contributed by atoms with Crippen molar-refractivity contribution in [2.24, 2.45) is 0 Å². The molecule has 1 aliphatic carbocycles. The standard InChI is InChI=1S/C12H22N4O2S/c1-2-13-8-10-9-14-15-12(10)19(17,18)16-11-6-4-3-5-7-11/h9,11,13,16H,2-8H2,1H3,(H,14,15). The van der Waals surface area contributed by atoms with Crippen molar-refractivity contribution in [1.82, 2.24) is 20.2 Å². The maximum Gasteiger partial charge on any atom is 0.258 e. The van der Waals surface area contributed by atoms with Gasteiger partial charge in [0.1, 0.15) is 0 Å². The van der Waals surface area contributed by atoms with E-state index in [9.17, 15) is 8.42 Å². The molecule has 0 aromatic carbocycles. The van der Waals surface area contributed by atoms with Gasteiger partial charge in [-0.3, -0.25) is 5.10 Å². The van der Waals surface area contributed by atoms with Crippen molar-refractivity contribution < 1.29 is 8.42 Å². The van der Waals surface area contributed by atoms with Crippen LogP contribution in [0.1, 0.15) is 44.6 Å². The summed E-state index contributed by atoms with van der Waals surface area (Å²) in [6.07, 6.45) is 6.82. The van der Waals surface area contributed by atoms with Crippen molar-refractivity contribution in [1.29, 1.82) is 0 Å². The normalized spacial score (nSPS) is 17.7. The van der Waals surface area contributed by atoms with Crippen molar-refractivity contribution in [2.75, 3.05) is 6.54 Å². The lowest BCUT2D eigenvalue weighted by Crippen LogP contribution is -2.36. The first-order chi connectivity index (χ1) is 9.13. The molecule has 0 bridgehead atoms. The molecule has 0 atom stereocenters. The summed E-state index contributed by atoms with van der Waals surface area (Å²) < 4.78 is 27.5. The lowest BCUT2D eigenvalue weighted by Gasteiger charge is -2.22. The van der Waals surface area contributed by atoms with Gasteiger partial charge in [0.2, 0.25) is 0 Å². The predicted molar refractivity (Wildman–Crippen MR) is 73.2 cm³/mol. The molecule has 1 aliphatic rings. The van der Waals surface area contributed by atoms with Gasteiger partial charge < -0.3 is 5.32 Å². The Morgan fingerprint density at radius 3 is 2.79 bits per heavy atom. The topological polar surface area (TPSA) is 86.9 Å². The minimum absolute atomic E-state index is 0.0639. The Morgan fingerprint density at radius 2 is 2.11 bits per heavy atom. The van der Waals surface area contributed by atoms with Gasteiger partial charge in [0.25, 0.3) is 10.0 Å². The summed E-state index contributed by atoms with van der Waals surface area (Å²) in [7, 11) is -3.49. The van der Waals surface area contributed by atoms with Crippen LogP contribution in [-0.2, 0) is 16.6 Å². The third-order valence-electron chi connectivity index (χ3n) is 3.44. The Morgan fingerprint density at radius 1 is 1.37 bits per heavy atom. The Bertz CT molecular complexity index is 492. The number of rotatable bonds is 6. The summed E-state index contributed by atoms with van der Waals surface area (Å²) >= 11 is 0. The molecule has 1 fully saturated rings. The Balaban J connectivity index is 2.08. The van der Waals surface area contributed by atoms with Crippen molar-refractivity contribution in [3.05, 3.63) is 11.8 Å². The highest BCUT2D eigenvalue weighted by Crippen LogP contribution is 2.20. The second-order valence-corrected chi connectivity index (χ2v) is 6.61. The van der Waals surface area contributed by atoms with Gasteiger partial charge in [0.05, 0.1) is 6.20 Å². The summed E-state index contributed by atoms with van der Waals surface area (Å²) in [5.41, 5.74) is 0.685. The van der Waals surface area contributed by atoms with Gasteiger partial charge in [-0.25, -0.2) is 13.1 Å². The summed E-state index contributed by atoms with van der Waals surface area (Å²) in [5, 5.41) is 9.76. The van der Waals surface area contributed by atoms with Crippen molar-refractivity contribution >= 4 is 10.0 Å². The molecule has 0 aliphatic heterocycles. The van der Waals surface area contributed by atoms with Crippen LogP contribution in [-0.4, -0.2) is 31.2 Å². The van der Waals surface area contributed by atoms with Gasteiger partial charge in [-0.05, 0) is 19.4 Å². The van der Waals surface area contributed by atoms with Crippen LogP contribution < -0.4 is 10.0 Å². The zero-order valence-corrected chi connectivity index (χ0v) is 12.1. The molecule has 108 valence electrons. The van der Waals surface area contributed by atoms with E-state index in [0.29, 0.717) is 12.1 Å². The molecular weight excluding hydrogens is 264 g/mol. The van der Waals surface area contributed by atoms with Crippen LogP contribution in [0.15, 0.2) is 11.2 Å². The van der Waals surface area contributed by atoms with Gasteiger partial charge in [0.15, 0.2) is 5.03 Å². The number of hydrogen-bond donors (Lipinski definition) is 3. The number of sulfonamides is 1. The molecule has 0 amide bonds. The summed E-state index contributed by atoms with van der Waals surface area (Å²) in [6, 6.07) is 0.0639. The molecule has 2 rings (SSSR count). The Labute approximate surface area is 114 Å². The number of H-pyrrole nitrogens is 1. The maximum absolute atomic E-state index is 12.3. The van der Waals surface area contributed by atoms with E-state index in [-0.39, 0.29) is 11.1 Å². The maximum atomic E-state index is 12.3. The summed E-state index contributed by atoms with van der Waals surface area (Å²) in [4.78, 5) is 0. The average Bonchev–Trinajstić information content (AvgIpc) is 2.86. The first kappa shape index (κ1) is 14.5. The molecule has 7 heteroatoms. The van der Waals surface area contributed by atoms with Crippen LogP contribution in [0.5, 0.6) is 0 Å². The van der Waals surface area contributed by atoms with Crippen molar-refractivity contribution in [2.45, 2.75) is 56.6 Å². The van der Waals surface area contributed by atoms with Crippen LogP contribution in [0.25, 0.3) is 0 Å². The van der Waals surface area contributed by atoms with Gasteiger partial charge in [-0.15, -0.1) is 0 Å². The zero-order chi connectivity index (χ0) is 13.7. The molecule has 6 nitrogen and oxygen atoms in total. The lowest BCUT2D eigenvalue weighted by molar-refractivity contribution is 0.411. The highest BCUT2D eigenvalue weighted by atomic mass is 32.2. The monoisotopic (exact) mass is 286 g/mol. The number of aromatic nitrogens is 2. The third-order valence-corrected chi connectivity index (χ3v) is 4.97. The molecule has 0 unspecified atom stereocenters. The van der Waals surface area contributed by atoms with Crippen molar-refractivity contribution in [3.8, 4) is 0 Å². The smallest absolute Gasteiger partial charge is 0.258 e. The van der Waals surface area contributed by atoms with Gasteiger partial charge in [-0.2, -0.15) is 5.10 Å². The van der Waals surface area contributed by atoms with Gasteiger partial charge >= 0.3 is 0 Å². The van der Waals surface area contributed by atoms with Crippen LogP contribution in [0.3, 0.4) is 0 Å². The molecule has 1 saturated carbocycles. The minimum Gasteiger partial charge on any atom is -0.313 e. The van der Waals surface area contributed by atoms with Crippen molar-refractivity contribution in [3.63, 3.8) is 0 Å². The fourth-order valence-corrected chi connectivity index (χ4v) is 3.85. The Kier molecular flexibility index (Phi) is 4.95. The largest absolute Gasteiger partial charge is 0.313 e. The van der Waals surface area contributed by atoms with E-state index in [1.807, 2.05) is 6.92 Å². The van der Waals surface area contributed by atoms with Gasteiger partial charge in [0, 0.05) is 18.2 Å². The summed E-state index contributed by atoms with van der Waals surface area (Å²) in [6.45, 7) is 3.28. The van der Waals surface area contributed by atoms with E-state index < -0.39 is 10.0 Å². The van der Waals surface area contributed by atoms with E-state index in [1.54, 1.807) is 6.20 Å². The average molecular weight is 286 g/mol. The molecule has 0 spiro atoms. The fraction of sp³-hybridized carbons (Fsp3) is 0.750. The van der Waals surface area contributed by atoms with Crippen LogP contribution in [0, 0.1) is 0 Å². The molecule has 19 heavy (non-hydrogen) atoms. The number of nitrogens with one attached hydrogen (secondary N) is 3. The quantitative estimate of drug-likeness (QED) is 0.731. The molecule has 0 radical (unpaired) electrons. The lowest BCUT2D eigenvalue weighted by atomic mass is 9.96. The SMILES string of the molecule is CCNCc1cn[nH]c1S(=O)(=O)NC1CCCCC1. The molecule has 1 aromatic heterocycles. The second-order valence-electron chi connectivity index (χ2n) is 4.96.